The van der Waals surface area contributed by atoms with E-state index in [0.29, 0.717) is 17.6 Å². The predicted octanol–water partition coefficient (Wildman–Crippen LogP) is 2.75. The van der Waals surface area contributed by atoms with Gasteiger partial charge in [-0.2, -0.15) is 0 Å². The van der Waals surface area contributed by atoms with Gasteiger partial charge in [0.05, 0.1) is 6.17 Å². The molecule has 0 radical (unpaired) electrons. The average molecular weight is 200 g/mol. The topological polar surface area (TPSA) is 24.1 Å². The molecule has 0 spiro atoms. The fourth-order valence-corrected chi connectivity index (χ4v) is 1.40. The lowest BCUT2D eigenvalue weighted by Gasteiger charge is -2.26. The Balaban J connectivity index is 3.69. The number of hydrogen-bond donors (Lipinski definition) is 2. The van der Waals surface area contributed by atoms with Crippen LogP contribution in [0.4, 0.5) is 0 Å². The molecule has 2 nitrogen and oxygen atoms in total. The molecule has 0 amide bonds. The molecule has 0 bridgehead atoms. The van der Waals surface area contributed by atoms with Crippen LogP contribution in [0.15, 0.2) is 0 Å². The minimum Gasteiger partial charge on any atom is -0.302 e. The summed E-state index contributed by atoms with van der Waals surface area (Å²) < 4.78 is 0. The summed E-state index contributed by atoms with van der Waals surface area (Å²) in [7, 11) is 0. The van der Waals surface area contributed by atoms with E-state index in [1.807, 2.05) is 0 Å². The fraction of sp³-hybridized carbons (Fsp3) is 1.00. The second-order valence-corrected chi connectivity index (χ2v) is 5.34. The molecule has 2 N–H and O–H groups in total. The van der Waals surface area contributed by atoms with Gasteiger partial charge in [-0.3, -0.25) is 5.32 Å². The molecule has 0 aromatic rings. The molecule has 1 atom stereocenters. The van der Waals surface area contributed by atoms with Gasteiger partial charge in [0.15, 0.2) is 0 Å². The third-order valence-corrected chi connectivity index (χ3v) is 2.41. The molecular formula is C12H28N2. The Kier molecular flexibility index (Phi) is 6.38. The maximum atomic E-state index is 3.58. The normalized spacial score (nSPS) is 14.8. The molecule has 0 rings (SSSR count). The maximum absolute atomic E-state index is 3.58. The molecule has 0 aliphatic heterocycles. The lowest BCUT2D eigenvalue weighted by Crippen LogP contribution is -2.47. The van der Waals surface area contributed by atoms with E-state index >= 15 is 0 Å². The Labute approximate surface area is 89.9 Å². The van der Waals surface area contributed by atoms with E-state index in [1.165, 1.54) is 12.8 Å². The summed E-state index contributed by atoms with van der Waals surface area (Å²) in [4.78, 5) is 0. The smallest absolute Gasteiger partial charge is 0.0544 e. The first-order valence-corrected chi connectivity index (χ1v) is 5.88. The molecule has 0 aliphatic rings. The summed E-state index contributed by atoms with van der Waals surface area (Å²) >= 11 is 0. The fourth-order valence-electron chi connectivity index (χ4n) is 1.40. The van der Waals surface area contributed by atoms with Gasteiger partial charge >= 0.3 is 0 Å². The van der Waals surface area contributed by atoms with Crippen molar-refractivity contribution in [3.63, 3.8) is 0 Å². The van der Waals surface area contributed by atoms with E-state index in [-0.39, 0.29) is 0 Å². The van der Waals surface area contributed by atoms with Gasteiger partial charge in [-0.15, -0.1) is 0 Å². The summed E-state index contributed by atoms with van der Waals surface area (Å²) in [6, 6.07) is 0.650. The van der Waals surface area contributed by atoms with Crippen molar-refractivity contribution in [3.05, 3.63) is 0 Å². The highest BCUT2D eigenvalue weighted by molar-refractivity contribution is 4.71. The first-order valence-electron chi connectivity index (χ1n) is 5.88. The van der Waals surface area contributed by atoms with Crippen LogP contribution in [0.3, 0.4) is 0 Å². The Bertz CT molecular complexity index is 134. The lowest BCUT2D eigenvalue weighted by atomic mass is 9.97. The van der Waals surface area contributed by atoms with Crippen LogP contribution < -0.4 is 10.6 Å². The highest BCUT2D eigenvalue weighted by Crippen LogP contribution is 2.10. The molecule has 0 aromatic heterocycles. The highest BCUT2D eigenvalue weighted by atomic mass is 15.1. The molecule has 1 unspecified atom stereocenters. The van der Waals surface area contributed by atoms with Gasteiger partial charge in [-0.05, 0) is 25.2 Å². The molecule has 2 heteroatoms. The van der Waals surface area contributed by atoms with Crippen LogP contribution in [0.25, 0.3) is 0 Å². The van der Waals surface area contributed by atoms with Crippen LogP contribution in [0.5, 0.6) is 0 Å². The van der Waals surface area contributed by atoms with Crippen LogP contribution >= 0.6 is 0 Å². The molecule has 86 valence electrons. The number of hydrogen-bond acceptors (Lipinski definition) is 2. The average Bonchev–Trinajstić information content (AvgIpc) is 2.09. The monoisotopic (exact) mass is 200 g/mol. The van der Waals surface area contributed by atoms with Crippen molar-refractivity contribution in [2.75, 3.05) is 6.54 Å². The van der Waals surface area contributed by atoms with Crippen molar-refractivity contribution in [1.29, 1.82) is 0 Å². The molecular weight excluding hydrogens is 172 g/mol. The van der Waals surface area contributed by atoms with Gasteiger partial charge in [0.2, 0.25) is 0 Å². The molecule has 14 heavy (non-hydrogen) atoms. The zero-order chi connectivity index (χ0) is 11.2. The van der Waals surface area contributed by atoms with Gasteiger partial charge in [-0.1, -0.05) is 34.6 Å². The van der Waals surface area contributed by atoms with E-state index in [1.54, 1.807) is 0 Å². The minimum atomic E-state index is 0.365. The lowest BCUT2D eigenvalue weighted by molar-refractivity contribution is 0.312. The van der Waals surface area contributed by atoms with E-state index in [2.05, 4.69) is 52.2 Å². The van der Waals surface area contributed by atoms with Gasteiger partial charge in [0, 0.05) is 12.6 Å². The van der Waals surface area contributed by atoms with Gasteiger partial charge in [0.1, 0.15) is 0 Å². The van der Waals surface area contributed by atoms with Crippen molar-refractivity contribution < 1.29 is 0 Å². The minimum absolute atomic E-state index is 0.365. The Morgan fingerprint density at radius 3 is 1.93 bits per heavy atom. The predicted molar refractivity (Wildman–Crippen MR) is 64.4 cm³/mol. The molecule has 0 saturated heterocycles. The maximum Gasteiger partial charge on any atom is 0.0544 e. The Morgan fingerprint density at radius 2 is 1.57 bits per heavy atom. The zero-order valence-electron chi connectivity index (χ0n) is 10.8. The Hall–Kier alpha value is -0.0800. The van der Waals surface area contributed by atoms with Crippen molar-refractivity contribution in [3.8, 4) is 0 Å². The van der Waals surface area contributed by atoms with Gasteiger partial charge in [0.25, 0.3) is 0 Å². The van der Waals surface area contributed by atoms with E-state index in [9.17, 15) is 0 Å². The van der Waals surface area contributed by atoms with Gasteiger partial charge < -0.3 is 5.32 Å². The number of nitrogens with one attached hydrogen (secondary N) is 2. The second kappa shape index (κ2) is 6.41. The molecule has 0 fully saturated rings. The van der Waals surface area contributed by atoms with Crippen LogP contribution in [0.1, 0.15) is 54.4 Å². The molecule has 0 aromatic carbocycles. The number of rotatable bonds is 6. The molecule has 0 aliphatic carbocycles. The summed E-state index contributed by atoms with van der Waals surface area (Å²) in [6.07, 6.45) is 2.83. The quantitative estimate of drug-likeness (QED) is 0.644. The third kappa shape index (κ3) is 7.34. The third-order valence-electron chi connectivity index (χ3n) is 2.41. The molecule has 0 heterocycles. The van der Waals surface area contributed by atoms with Crippen LogP contribution in [0, 0.1) is 5.41 Å². The van der Waals surface area contributed by atoms with Crippen LogP contribution in [-0.2, 0) is 0 Å². The second-order valence-electron chi connectivity index (χ2n) is 5.34. The van der Waals surface area contributed by atoms with Crippen molar-refractivity contribution in [2.24, 2.45) is 5.41 Å². The first-order chi connectivity index (χ1) is 6.39. The summed E-state index contributed by atoms with van der Waals surface area (Å²) in [5, 5.41) is 7.09. The van der Waals surface area contributed by atoms with Gasteiger partial charge in [-0.25, -0.2) is 0 Å². The molecule has 0 saturated carbocycles. The Morgan fingerprint density at radius 1 is 1.07 bits per heavy atom. The van der Waals surface area contributed by atoms with E-state index in [0.717, 1.165) is 6.54 Å². The van der Waals surface area contributed by atoms with E-state index < -0.39 is 0 Å². The van der Waals surface area contributed by atoms with Crippen LogP contribution in [-0.4, -0.2) is 18.8 Å². The summed E-state index contributed by atoms with van der Waals surface area (Å²) in [5.74, 6) is 0. The highest BCUT2D eigenvalue weighted by Gasteiger charge is 2.12. The van der Waals surface area contributed by atoms with Crippen LogP contribution in [0.2, 0.25) is 0 Å². The first kappa shape index (κ1) is 13.9. The van der Waals surface area contributed by atoms with Crippen molar-refractivity contribution in [2.45, 2.75) is 66.6 Å². The standard InChI is InChI=1S/C12H28N2/c1-7-11(8-2)14-10(3)13-9-12(4,5)6/h10-11,13-14H,7-9H2,1-6H3. The SMILES string of the molecule is CCC(CC)NC(C)NCC(C)(C)C. The van der Waals surface area contributed by atoms with Crippen molar-refractivity contribution >= 4 is 0 Å². The van der Waals surface area contributed by atoms with Crippen molar-refractivity contribution in [1.82, 2.24) is 10.6 Å². The summed E-state index contributed by atoms with van der Waals surface area (Å²) in [6.45, 7) is 14.5. The largest absolute Gasteiger partial charge is 0.302 e. The summed E-state index contributed by atoms with van der Waals surface area (Å²) in [5.41, 5.74) is 0.365. The zero-order valence-corrected chi connectivity index (χ0v) is 10.8. The van der Waals surface area contributed by atoms with E-state index in [4.69, 9.17) is 0 Å².